The summed E-state index contributed by atoms with van der Waals surface area (Å²) in [6.45, 7) is 3.91. The first-order valence-electron chi connectivity index (χ1n) is 12.1. The lowest BCUT2D eigenvalue weighted by atomic mass is 9.90. The van der Waals surface area contributed by atoms with Gasteiger partial charge in [-0.3, -0.25) is 9.59 Å². The van der Waals surface area contributed by atoms with E-state index in [1.54, 1.807) is 6.92 Å². The number of aryl methyl sites for hydroxylation is 2. The Labute approximate surface area is 235 Å². The van der Waals surface area contributed by atoms with E-state index < -0.39 is 35.4 Å². The van der Waals surface area contributed by atoms with Gasteiger partial charge in [0.15, 0.2) is 0 Å². The first-order valence-corrected chi connectivity index (χ1v) is 12.1. The van der Waals surface area contributed by atoms with Crippen molar-refractivity contribution in [1.29, 1.82) is 10.5 Å². The minimum absolute atomic E-state index is 0.0331. The Morgan fingerprint density at radius 2 is 1.33 bits per heavy atom. The monoisotopic (exact) mass is 590 g/mol. The van der Waals surface area contributed by atoms with E-state index >= 15 is 0 Å². The van der Waals surface area contributed by atoms with Gasteiger partial charge in [-0.15, -0.1) is 0 Å². The van der Waals surface area contributed by atoms with E-state index in [1.165, 1.54) is 47.4 Å². The van der Waals surface area contributed by atoms with Crippen molar-refractivity contribution in [1.82, 2.24) is 0 Å². The number of nitrogens with zero attached hydrogens (tertiary/aromatic N) is 3. The van der Waals surface area contributed by atoms with E-state index in [0.717, 1.165) is 13.8 Å². The van der Waals surface area contributed by atoms with Crippen LogP contribution in [0, 0.1) is 36.5 Å². The van der Waals surface area contributed by atoms with Crippen LogP contribution in [0.15, 0.2) is 54.6 Å². The lowest BCUT2D eigenvalue weighted by molar-refractivity contribution is -0.348. The van der Waals surface area contributed by atoms with Gasteiger partial charge >= 0.3 is 18.0 Å². The van der Waals surface area contributed by atoms with E-state index in [0.29, 0.717) is 17.7 Å². The van der Waals surface area contributed by atoms with E-state index in [2.05, 4.69) is 5.32 Å². The van der Waals surface area contributed by atoms with Gasteiger partial charge in [0.25, 0.3) is 11.8 Å². The summed E-state index contributed by atoms with van der Waals surface area (Å²) in [6.07, 6.45) is -12.6. The van der Waals surface area contributed by atoms with Crippen molar-refractivity contribution in [2.75, 3.05) is 16.8 Å². The molecule has 3 rings (SSSR count). The normalized spacial score (nSPS) is 11.8. The molecule has 0 unspecified atom stereocenters. The van der Waals surface area contributed by atoms with Gasteiger partial charge in [-0.2, -0.15) is 36.9 Å². The fourth-order valence-corrected chi connectivity index (χ4v) is 4.29. The van der Waals surface area contributed by atoms with Crippen LogP contribution in [0.1, 0.15) is 55.5 Å². The molecular formula is C29H21F7N4O2. The SMILES string of the molecule is CCN(C(=O)c1ccc(C#N)cc1)c1cc(C(=O)Nc2c(C)cc(C(F)(C(F)(F)F)C(F)(F)F)cc2C)ccc1C#N. The standard InChI is InChI=1S/C29H21F7N4O2/c1-4-40(26(42)19-7-5-18(14-37)6-8-19)23-13-20(9-10-21(23)15-38)25(41)39-24-16(2)11-22(12-17(24)3)27(30,28(31,32)33)29(34,35)36/h5-13H,4H2,1-3H3,(H,39,41). The van der Waals surface area contributed by atoms with Crippen molar-refractivity contribution in [2.24, 2.45) is 0 Å². The number of hydrogen-bond acceptors (Lipinski definition) is 4. The highest BCUT2D eigenvalue weighted by molar-refractivity contribution is 6.09. The molecule has 0 atom stereocenters. The summed E-state index contributed by atoms with van der Waals surface area (Å²) in [5, 5.41) is 21.0. The van der Waals surface area contributed by atoms with Gasteiger partial charge in [-0.05, 0) is 74.4 Å². The number of amides is 2. The highest BCUT2D eigenvalue weighted by atomic mass is 19.4. The molecule has 2 amide bonds. The predicted octanol–water partition coefficient (Wildman–Crippen LogP) is 7.26. The molecule has 0 fully saturated rings. The summed E-state index contributed by atoms with van der Waals surface area (Å²) in [5.74, 6) is -1.40. The molecule has 0 aromatic heterocycles. The Bertz CT molecular complexity index is 1580. The van der Waals surface area contributed by atoms with Crippen molar-refractivity contribution < 1.29 is 40.3 Å². The predicted molar refractivity (Wildman–Crippen MR) is 138 cm³/mol. The molecule has 0 aliphatic heterocycles. The highest BCUT2D eigenvalue weighted by Crippen LogP contribution is 2.53. The molecule has 0 bridgehead atoms. The van der Waals surface area contributed by atoms with Gasteiger partial charge in [0.05, 0.1) is 22.9 Å². The first kappa shape index (κ1) is 31.6. The van der Waals surface area contributed by atoms with Crippen LogP contribution >= 0.6 is 0 Å². The molecule has 13 heteroatoms. The van der Waals surface area contributed by atoms with Gasteiger partial charge in [-0.1, -0.05) is 12.1 Å². The number of nitriles is 2. The quantitative estimate of drug-likeness (QED) is 0.306. The number of carbonyl (C=O) groups excluding carboxylic acids is 2. The second-order valence-electron chi connectivity index (χ2n) is 9.18. The van der Waals surface area contributed by atoms with Crippen LogP contribution < -0.4 is 10.2 Å². The van der Waals surface area contributed by atoms with Crippen LogP contribution in [-0.2, 0) is 5.67 Å². The largest absolute Gasteiger partial charge is 0.435 e. The number of hydrogen-bond donors (Lipinski definition) is 1. The molecule has 3 aromatic carbocycles. The molecule has 0 radical (unpaired) electrons. The van der Waals surface area contributed by atoms with Crippen LogP contribution in [0.5, 0.6) is 0 Å². The number of nitrogens with one attached hydrogen (secondary N) is 1. The van der Waals surface area contributed by atoms with Crippen molar-refractivity contribution >= 4 is 23.2 Å². The fraction of sp³-hybridized carbons (Fsp3) is 0.241. The zero-order valence-corrected chi connectivity index (χ0v) is 22.2. The Kier molecular flexibility index (Phi) is 8.68. The van der Waals surface area contributed by atoms with Crippen LogP contribution in [0.4, 0.5) is 42.1 Å². The average Bonchev–Trinajstić information content (AvgIpc) is 2.93. The van der Waals surface area contributed by atoms with Crippen molar-refractivity contribution in [3.8, 4) is 12.1 Å². The minimum atomic E-state index is -6.30. The molecule has 1 N–H and O–H groups in total. The van der Waals surface area contributed by atoms with Crippen LogP contribution in [0.2, 0.25) is 0 Å². The lowest BCUT2D eigenvalue weighted by Gasteiger charge is -2.31. The molecule has 0 aliphatic carbocycles. The second kappa shape index (κ2) is 11.5. The zero-order valence-electron chi connectivity index (χ0n) is 22.2. The van der Waals surface area contributed by atoms with Gasteiger partial charge in [0.1, 0.15) is 6.07 Å². The maximum absolute atomic E-state index is 14.6. The maximum atomic E-state index is 14.6. The molecule has 0 spiro atoms. The third-order valence-electron chi connectivity index (χ3n) is 6.44. The Hall–Kier alpha value is -4.91. The Balaban J connectivity index is 2.00. The summed E-state index contributed by atoms with van der Waals surface area (Å²) in [6, 6.07) is 14.0. The molecule has 6 nitrogen and oxygen atoms in total. The van der Waals surface area contributed by atoms with Crippen molar-refractivity contribution in [2.45, 2.75) is 38.8 Å². The van der Waals surface area contributed by atoms with Gasteiger partial charge in [-0.25, -0.2) is 4.39 Å². The summed E-state index contributed by atoms with van der Waals surface area (Å²) in [4.78, 5) is 27.6. The summed E-state index contributed by atoms with van der Waals surface area (Å²) in [7, 11) is 0. The second-order valence-corrected chi connectivity index (χ2v) is 9.18. The molecule has 0 heterocycles. The number of halogens is 7. The molecule has 3 aromatic rings. The molecule has 0 aliphatic rings. The molecular weight excluding hydrogens is 569 g/mol. The maximum Gasteiger partial charge on any atom is 0.435 e. The van der Waals surface area contributed by atoms with Crippen LogP contribution in [-0.4, -0.2) is 30.7 Å². The number of carbonyl (C=O) groups is 2. The minimum Gasteiger partial charge on any atom is -0.322 e. The smallest absolute Gasteiger partial charge is 0.322 e. The van der Waals surface area contributed by atoms with Gasteiger partial charge in [0.2, 0.25) is 0 Å². The van der Waals surface area contributed by atoms with E-state index in [4.69, 9.17) is 5.26 Å². The molecule has 218 valence electrons. The molecule has 0 saturated heterocycles. The third kappa shape index (κ3) is 5.77. The number of benzene rings is 3. The topological polar surface area (TPSA) is 97.0 Å². The Morgan fingerprint density at radius 3 is 1.79 bits per heavy atom. The lowest BCUT2D eigenvalue weighted by Crippen LogP contribution is -2.50. The Morgan fingerprint density at radius 1 is 0.810 bits per heavy atom. The van der Waals surface area contributed by atoms with Gasteiger partial charge in [0, 0.05) is 28.9 Å². The van der Waals surface area contributed by atoms with E-state index in [9.17, 15) is 45.6 Å². The molecule has 0 saturated carbocycles. The summed E-state index contributed by atoms with van der Waals surface area (Å²) in [5.41, 5.74) is -7.49. The number of rotatable bonds is 6. The van der Waals surface area contributed by atoms with Crippen LogP contribution in [0.25, 0.3) is 0 Å². The van der Waals surface area contributed by atoms with Crippen molar-refractivity contribution in [3.05, 3.63) is 93.5 Å². The fourth-order valence-electron chi connectivity index (χ4n) is 4.29. The average molecular weight is 590 g/mol. The first-order chi connectivity index (χ1) is 19.5. The van der Waals surface area contributed by atoms with E-state index in [-0.39, 0.29) is 45.7 Å². The van der Waals surface area contributed by atoms with Crippen molar-refractivity contribution in [3.63, 3.8) is 0 Å². The van der Waals surface area contributed by atoms with E-state index in [1.807, 2.05) is 12.1 Å². The van der Waals surface area contributed by atoms with Gasteiger partial charge < -0.3 is 10.2 Å². The highest BCUT2D eigenvalue weighted by Gasteiger charge is 2.73. The van der Waals surface area contributed by atoms with Crippen LogP contribution in [0.3, 0.4) is 0 Å². The zero-order chi connectivity index (χ0) is 31.6. The number of alkyl halides is 7. The third-order valence-corrected chi connectivity index (χ3v) is 6.44. The number of anilines is 2. The molecule has 42 heavy (non-hydrogen) atoms. The summed E-state index contributed by atoms with van der Waals surface area (Å²) >= 11 is 0. The summed E-state index contributed by atoms with van der Waals surface area (Å²) < 4.78 is 94.1.